The molecule has 3 N–H and O–H groups in total. The first kappa shape index (κ1) is 19.1. The second kappa shape index (κ2) is 7.94. The number of amides is 3. The normalized spacial score (nSPS) is 24.0. The molecule has 8 nitrogen and oxygen atoms in total. The zero-order chi connectivity index (χ0) is 19.4. The minimum absolute atomic E-state index is 0.123. The van der Waals surface area contributed by atoms with Crippen molar-refractivity contribution in [1.82, 2.24) is 25.8 Å². The van der Waals surface area contributed by atoms with Crippen molar-refractivity contribution < 1.29 is 9.59 Å². The number of carbonyl (C=O) groups excluding carboxylic acids is 2. The highest BCUT2D eigenvalue weighted by Gasteiger charge is 2.48. The Morgan fingerprint density at radius 2 is 2.15 bits per heavy atom. The van der Waals surface area contributed by atoms with Crippen LogP contribution >= 0.6 is 0 Å². The molecule has 8 heteroatoms. The molecule has 2 aliphatic heterocycles. The molecule has 2 saturated heterocycles. The van der Waals surface area contributed by atoms with E-state index in [4.69, 9.17) is 0 Å². The van der Waals surface area contributed by atoms with Crippen molar-refractivity contribution in [2.24, 2.45) is 10.9 Å². The Bertz CT molecular complexity index is 741. The molecule has 0 saturated carbocycles. The van der Waals surface area contributed by atoms with Gasteiger partial charge in [-0.15, -0.1) is 0 Å². The number of urea groups is 1. The Kier molecular flexibility index (Phi) is 5.62. The first-order valence-corrected chi connectivity index (χ1v) is 9.42. The summed E-state index contributed by atoms with van der Waals surface area (Å²) in [7, 11) is 1.79. The summed E-state index contributed by atoms with van der Waals surface area (Å²) in [6.07, 6.45) is 6.27. The van der Waals surface area contributed by atoms with Crippen molar-refractivity contribution in [1.29, 1.82) is 0 Å². The van der Waals surface area contributed by atoms with Crippen molar-refractivity contribution in [2.75, 3.05) is 26.7 Å². The second-order valence-electron chi connectivity index (χ2n) is 7.40. The summed E-state index contributed by atoms with van der Waals surface area (Å²) < 4.78 is 0. The monoisotopic (exact) mass is 372 g/mol. The summed E-state index contributed by atoms with van der Waals surface area (Å²) in [5.41, 5.74) is 1.67. The SMILES string of the molecule is CN=C(NCCc1ccncc1C)N1CCC(C2(C)NC(=O)NC2=O)CC1. The van der Waals surface area contributed by atoms with Gasteiger partial charge in [0.1, 0.15) is 5.54 Å². The number of carbonyl (C=O) groups is 2. The number of pyridine rings is 1. The van der Waals surface area contributed by atoms with Crippen LogP contribution in [0.2, 0.25) is 0 Å². The fraction of sp³-hybridized carbons (Fsp3) is 0.579. The van der Waals surface area contributed by atoms with Crippen LogP contribution in [0.15, 0.2) is 23.5 Å². The van der Waals surface area contributed by atoms with Crippen LogP contribution in [-0.2, 0) is 11.2 Å². The van der Waals surface area contributed by atoms with Gasteiger partial charge < -0.3 is 15.5 Å². The van der Waals surface area contributed by atoms with Gasteiger partial charge in [-0.25, -0.2) is 4.79 Å². The van der Waals surface area contributed by atoms with Gasteiger partial charge in [-0.1, -0.05) is 0 Å². The summed E-state index contributed by atoms with van der Waals surface area (Å²) in [6.45, 7) is 6.29. The topological polar surface area (TPSA) is 98.7 Å². The van der Waals surface area contributed by atoms with E-state index >= 15 is 0 Å². The molecule has 1 aromatic heterocycles. The number of hydrogen-bond acceptors (Lipinski definition) is 4. The summed E-state index contributed by atoms with van der Waals surface area (Å²) >= 11 is 0. The largest absolute Gasteiger partial charge is 0.356 e. The van der Waals surface area contributed by atoms with Crippen LogP contribution in [0.4, 0.5) is 4.79 Å². The third-order valence-corrected chi connectivity index (χ3v) is 5.71. The van der Waals surface area contributed by atoms with E-state index in [1.54, 1.807) is 7.05 Å². The van der Waals surface area contributed by atoms with Crippen LogP contribution in [0.5, 0.6) is 0 Å². The molecule has 1 unspecified atom stereocenters. The minimum atomic E-state index is -0.807. The summed E-state index contributed by atoms with van der Waals surface area (Å²) in [6, 6.07) is 1.65. The Morgan fingerprint density at radius 1 is 1.41 bits per heavy atom. The van der Waals surface area contributed by atoms with Crippen LogP contribution in [0.25, 0.3) is 0 Å². The molecule has 2 aliphatic rings. The third-order valence-electron chi connectivity index (χ3n) is 5.71. The number of rotatable bonds is 4. The minimum Gasteiger partial charge on any atom is -0.356 e. The molecule has 0 radical (unpaired) electrons. The number of hydrogen-bond donors (Lipinski definition) is 3. The number of piperidine rings is 1. The molecule has 0 aliphatic carbocycles. The molecule has 3 amide bonds. The number of aliphatic imine (C=N–C) groups is 1. The molecule has 2 fully saturated rings. The van der Waals surface area contributed by atoms with E-state index in [0.717, 1.165) is 44.9 Å². The van der Waals surface area contributed by atoms with Crippen molar-refractivity contribution in [2.45, 2.75) is 38.6 Å². The van der Waals surface area contributed by atoms with Gasteiger partial charge in [0.25, 0.3) is 5.91 Å². The number of nitrogens with zero attached hydrogens (tertiary/aromatic N) is 3. The van der Waals surface area contributed by atoms with Crippen molar-refractivity contribution >= 4 is 17.9 Å². The number of imide groups is 1. The maximum atomic E-state index is 12.1. The van der Waals surface area contributed by atoms with Crippen LogP contribution in [0, 0.1) is 12.8 Å². The Balaban J connectivity index is 1.51. The quantitative estimate of drug-likeness (QED) is 0.413. The van der Waals surface area contributed by atoms with Gasteiger partial charge >= 0.3 is 6.03 Å². The van der Waals surface area contributed by atoms with Gasteiger partial charge in [-0.2, -0.15) is 0 Å². The lowest BCUT2D eigenvalue weighted by Gasteiger charge is -2.39. The van der Waals surface area contributed by atoms with Gasteiger partial charge in [0, 0.05) is 39.1 Å². The highest BCUT2D eigenvalue weighted by Crippen LogP contribution is 2.30. The molecule has 1 atom stereocenters. The van der Waals surface area contributed by atoms with Gasteiger partial charge in [0.15, 0.2) is 5.96 Å². The number of aromatic nitrogens is 1. The van der Waals surface area contributed by atoms with Crippen LogP contribution in [0.3, 0.4) is 0 Å². The lowest BCUT2D eigenvalue weighted by atomic mass is 9.79. The highest BCUT2D eigenvalue weighted by molar-refractivity contribution is 6.07. The van der Waals surface area contributed by atoms with Crippen molar-refractivity contribution in [3.63, 3.8) is 0 Å². The molecule has 0 bridgehead atoms. The van der Waals surface area contributed by atoms with Crippen molar-refractivity contribution in [3.05, 3.63) is 29.6 Å². The Hall–Kier alpha value is -2.64. The number of nitrogens with one attached hydrogen (secondary N) is 3. The van der Waals surface area contributed by atoms with E-state index in [9.17, 15) is 9.59 Å². The molecule has 0 aromatic carbocycles. The first-order valence-electron chi connectivity index (χ1n) is 9.42. The lowest BCUT2D eigenvalue weighted by molar-refractivity contribution is -0.125. The standard InChI is InChI=1S/C19H28N6O2/c1-13-12-21-8-4-14(13)5-9-22-17(20-3)25-10-6-15(7-11-25)19(2)16(26)23-18(27)24-19/h4,8,12,15H,5-7,9-11H2,1-3H3,(H,20,22)(H2,23,24,26,27). The highest BCUT2D eigenvalue weighted by atomic mass is 16.2. The molecule has 3 rings (SSSR count). The van der Waals surface area contributed by atoms with Gasteiger partial charge in [-0.05, 0) is 56.2 Å². The smallest absolute Gasteiger partial charge is 0.322 e. The van der Waals surface area contributed by atoms with E-state index in [-0.39, 0.29) is 11.8 Å². The molecule has 1 aromatic rings. The summed E-state index contributed by atoms with van der Waals surface area (Å²) in [4.78, 5) is 34.4. The predicted molar refractivity (Wildman–Crippen MR) is 103 cm³/mol. The molecule has 0 spiro atoms. The van der Waals surface area contributed by atoms with E-state index in [1.807, 2.05) is 25.4 Å². The van der Waals surface area contributed by atoms with Crippen molar-refractivity contribution in [3.8, 4) is 0 Å². The van der Waals surface area contributed by atoms with Gasteiger partial charge in [-0.3, -0.25) is 20.1 Å². The molecule has 146 valence electrons. The van der Waals surface area contributed by atoms with Gasteiger partial charge in [0.05, 0.1) is 0 Å². The third kappa shape index (κ3) is 4.04. The number of aryl methyl sites for hydroxylation is 1. The fourth-order valence-corrected chi connectivity index (χ4v) is 3.94. The molecular weight excluding hydrogens is 344 g/mol. The lowest BCUT2D eigenvalue weighted by Crippen LogP contribution is -2.55. The fourth-order valence-electron chi connectivity index (χ4n) is 3.94. The van der Waals surface area contributed by atoms with E-state index in [0.29, 0.717) is 0 Å². The number of guanidine groups is 1. The number of likely N-dealkylation sites (tertiary alicyclic amines) is 1. The zero-order valence-electron chi connectivity index (χ0n) is 16.2. The maximum absolute atomic E-state index is 12.1. The van der Waals surface area contributed by atoms with E-state index in [1.165, 1.54) is 11.1 Å². The Morgan fingerprint density at radius 3 is 2.74 bits per heavy atom. The van der Waals surface area contributed by atoms with Crippen LogP contribution < -0.4 is 16.0 Å². The predicted octanol–water partition coefficient (Wildman–Crippen LogP) is 0.818. The van der Waals surface area contributed by atoms with Gasteiger partial charge in [0.2, 0.25) is 0 Å². The zero-order valence-corrected chi connectivity index (χ0v) is 16.2. The molecular formula is C19H28N6O2. The second-order valence-corrected chi connectivity index (χ2v) is 7.40. The summed E-state index contributed by atoms with van der Waals surface area (Å²) in [5.74, 6) is 0.782. The van der Waals surface area contributed by atoms with Crippen LogP contribution in [0.1, 0.15) is 30.9 Å². The summed E-state index contributed by atoms with van der Waals surface area (Å²) in [5, 5.41) is 8.58. The molecule has 3 heterocycles. The average Bonchev–Trinajstić information content (AvgIpc) is 2.93. The maximum Gasteiger partial charge on any atom is 0.322 e. The average molecular weight is 372 g/mol. The van der Waals surface area contributed by atoms with Crippen LogP contribution in [-0.4, -0.2) is 60.0 Å². The van der Waals surface area contributed by atoms with E-state index in [2.05, 4.69) is 37.8 Å². The molecule has 27 heavy (non-hydrogen) atoms. The Labute approximate surface area is 159 Å². The first-order chi connectivity index (χ1) is 12.9. The van der Waals surface area contributed by atoms with E-state index < -0.39 is 11.6 Å².